The van der Waals surface area contributed by atoms with Gasteiger partial charge in [0.05, 0.1) is 70.7 Å². The van der Waals surface area contributed by atoms with Gasteiger partial charge < -0.3 is 94.0 Å². The summed E-state index contributed by atoms with van der Waals surface area (Å²) in [5.74, 6) is -2.21. The lowest BCUT2D eigenvalue weighted by Crippen LogP contribution is -2.22. The first-order valence-corrected chi connectivity index (χ1v) is 36.5. The molecule has 0 aromatic carbocycles. The van der Waals surface area contributed by atoms with E-state index in [4.69, 9.17) is 54.9 Å². The molecule has 0 aliphatic carbocycles. The van der Waals surface area contributed by atoms with Gasteiger partial charge in [-0.2, -0.15) is 20.4 Å². The van der Waals surface area contributed by atoms with Crippen molar-refractivity contribution in [3.8, 4) is 0 Å². The number of hydrogen-bond donors (Lipinski definition) is 6. The van der Waals surface area contributed by atoms with Crippen LogP contribution in [0.15, 0.2) is 247 Å². The standard InChI is InChI=1S/C16H18N2O3.C15H16N2O3.C14H15N3O3.C13H13N3O3.C12H11N3O3.C11H9N3O3/c1-10(2)15(18-7-4-5-11(18)3)21-16(19)13-9-14-12(17-13)6-8-20-14;1-3-14(17-7-4-5-10(17)2)20-15(18)12-9-13-11(16-12)6-8-19-13;1-9(2)13(17-6-3-5-15-17)20-14(18)11-8-12-10(16-11)4-7-19-12;1-2-12(16-6-3-5-14-16)19-13(17)10-8-11-9(15-10)4-7-18-11;1-8(15-5-2-4-13-15)18-12(16)10-7-11-9(14-10)3-6-17-11;15-11(17-7-14-4-1-3-12-14)9-6-10-8(13-9)2-5-16-10/h4-10,15,17H,1-3H3;4-9,14,16H,3H2,1-2H3;3-9,13,16H,1-2H3;3-8,12,15H,2H2,1H3;2-8,14H,1H3;1-6,13H,7H2. The Bertz CT molecular complexity index is 5930. The highest BCUT2D eigenvalue weighted by Gasteiger charge is 2.27. The van der Waals surface area contributed by atoms with Gasteiger partial charge in [-0.15, -0.1) is 0 Å². The van der Waals surface area contributed by atoms with Crippen LogP contribution in [0.4, 0.5) is 0 Å². The van der Waals surface area contributed by atoms with Gasteiger partial charge in [0.1, 0.15) is 34.2 Å². The molecule has 18 aromatic rings. The Morgan fingerprint density at radius 1 is 0.357 bits per heavy atom. The number of H-pyrrole nitrogens is 6. The number of aromatic amines is 6. The number of aryl methyl sites for hydroxylation is 2. The molecule has 0 bridgehead atoms. The van der Waals surface area contributed by atoms with Crippen LogP contribution in [0.25, 0.3) is 66.6 Å². The quantitative estimate of drug-likeness (QED) is 0.0271. The van der Waals surface area contributed by atoms with Crippen molar-refractivity contribution in [1.82, 2.24) is 78.2 Å². The number of furan rings is 6. The minimum Gasteiger partial charge on any atom is -0.463 e. The van der Waals surface area contributed by atoms with Crippen molar-refractivity contribution in [2.24, 2.45) is 11.8 Å². The molecule has 6 N–H and O–H groups in total. The molecule has 594 valence electrons. The fourth-order valence-electron chi connectivity index (χ4n) is 11.9. The average molecular weight is 1570 g/mol. The summed E-state index contributed by atoms with van der Waals surface area (Å²) in [6.45, 7) is 17.7. The lowest BCUT2D eigenvalue weighted by molar-refractivity contribution is -0.0152. The number of aromatic nitrogens is 16. The van der Waals surface area contributed by atoms with Crippen LogP contribution in [-0.2, 0) is 35.2 Å². The highest BCUT2D eigenvalue weighted by Crippen LogP contribution is 2.29. The van der Waals surface area contributed by atoms with Crippen molar-refractivity contribution < 1.29 is 83.7 Å². The summed E-state index contributed by atoms with van der Waals surface area (Å²) in [6.07, 6.45) is 26.2. The Kier molecular flexibility index (Phi) is 24.4. The van der Waals surface area contributed by atoms with Gasteiger partial charge in [-0.05, 0) is 69.3 Å². The second kappa shape index (κ2) is 35.9. The largest absolute Gasteiger partial charge is 0.463 e. The first-order chi connectivity index (χ1) is 55.7. The minimum atomic E-state index is -0.456. The number of esters is 6. The molecular formula is C81H82N16O18. The number of fused-ring (bicyclic) bond motifs is 6. The van der Waals surface area contributed by atoms with E-state index in [0.717, 1.165) is 44.5 Å². The van der Waals surface area contributed by atoms with E-state index in [0.29, 0.717) is 80.5 Å². The van der Waals surface area contributed by atoms with Gasteiger partial charge in [-0.1, -0.05) is 41.5 Å². The molecule has 0 aliphatic heterocycles. The third-order valence-electron chi connectivity index (χ3n) is 17.8. The highest BCUT2D eigenvalue weighted by atomic mass is 16.6. The van der Waals surface area contributed by atoms with Crippen LogP contribution < -0.4 is 0 Å². The zero-order valence-electron chi connectivity index (χ0n) is 63.8. The van der Waals surface area contributed by atoms with E-state index in [2.05, 4.69) is 50.3 Å². The summed E-state index contributed by atoms with van der Waals surface area (Å²) < 4.78 is 74.0. The van der Waals surface area contributed by atoms with Gasteiger partial charge in [0.15, 0.2) is 71.4 Å². The average Bonchev–Trinajstić information content (AvgIpc) is 1.68. The smallest absolute Gasteiger partial charge is 0.356 e. The molecule has 34 nitrogen and oxygen atoms in total. The summed E-state index contributed by atoms with van der Waals surface area (Å²) in [5.41, 5.74) is 12.9. The highest BCUT2D eigenvalue weighted by molar-refractivity contribution is 5.97. The van der Waals surface area contributed by atoms with Crippen molar-refractivity contribution in [3.63, 3.8) is 0 Å². The summed E-state index contributed by atoms with van der Waals surface area (Å²) in [5, 5.41) is 16.1. The third-order valence-corrected chi connectivity index (χ3v) is 17.8. The second-order valence-electron chi connectivity index (χ2n) is 26.6. The molecule has 0 amide bonds. The lowest BCUT2D eigenvalue weighted by atomic mass is 10.2. The van der Waals surface area contributed by atoms with E-state index in [9.17, 15) is 28.8 Å². The van der Waals surface area contributed by atoms with Crippen LogP contribution in [0.1, 0.15) is 167 Å². The van der Waals surface area contributed by atoms with Gasteiger partial charge >= 0.3 is 35.8 Å². The second-order valence-corrected chi connectivity index (χ2v) is 26.6. The van der Waals surface area contributed by atoms with E-state index in [1.165, 1.54) is 4.68 Å². The molecule has 0 saturated carbocycles. The molecule has 0 fully saturated rings. The summed E-state index contributed by atoms with van der Waals surface area (Å²) >= 11 is 0. The number of nitrogens with one attached hydrogen (secondary N) is 6. The number of carbonyl (C=O) groups excluding carboxylic acids is 6. The fourth-order valence-corrected chi connectivity index (χ4v) is 11.9. The maximum Gasteiger partial charge on any atom is 0.356 e. The summed E-state index contributed by atoms with van der Waals surface area (Å²) in [4.78, 5) is 90.0. The van der Waals surface area contributed by atoms with Crippen LogP contribution in [0.3, 0.4) is 0 Å². The molecule has 0 saturated heterocycles. The molecule has 115 heavy (non-hydrogen) atoms. The molecule has 18 rings (SSSR count). The van der Waals surface area contributed by atoms with Crippen molar-refractivity contribution >= 4 is 102 Å². The lowest BCUT2D eigenvalue weighted by Gasteiger charge is -2.24. The Balaban J connectivity index is 0.000000120. The SMILES string of the molecule is CC(C)C(OC(=O)c1cc2occc2[nH]1)n1cccn1.CC(OC(=O)c1cc2occc2[nH]1)n1cccn1.CCC(OC(=O)c1cc2occc2[nH]1)n1cccc1C.CCC(OC(=O)c1cc2occc2[nH]1)n1cccn1.Cc1cccn1C(OC(=O)c1cc2occc2[nH]1)C(C)C.O=C(OCn1cccn1)c1cc2occc2[nH]1. The Labute approximate surface area is 652 Å². The number of rotatable bonds is 22. The molecule has 5 unspecified atom stereocenters. The van der Waals surface area contributed by atoms with Crippen LogP contribution in [-0.4, -0.2) is 114 Å². The van der Waals surface area contributed by atoms with E-state index in [-0.39, 0.29) is 43.0 Å². The predicted molar refractivity (Wildman–Crippen MR) is 414 cm³/mol. The van der Waals surface area contributed by atoms with Gasteiger partial charge in [-0.25, -0.2) is 47.5 Å². The van der Waals surface area contributed by atoms with Crippen molar-refractivity contribution in [3.05, 3.63) is 266 Å². The topological polar surface area (TPSA) is 413 Å². The van der Waals surface area contributed by atoms with E-state index in [1.54, 1.807) is 205 Å². The van der Waals surface area contributed by atoms with Crippen LogP contribution in [0.5, 0.6) is 0 Å². The van der Waals surface area contributed by atoms with Gasteiger partial charge in [0, 0.05) is 171 Å². The molecule has 0 radical (unpaired) electrons. The summed E-state index contributed by atoms with van der Waals surface area (Å²) in [6, 6.07) is 35.4. The van der Waals surface area contributed by atoms with Crippen molar-refractivity contribution in [2.45, 2.75) is 113 Å². The van der Waals surface area contributed by atoms with Gasteiger partial charge in [0.25, 0.3) is 0 Å². The van der Waals surface area contributed by atoms with Crippen molar-refractivity contribution in [2.75, 3.05) is 0 Å². The van der Waals surface area contributed by atoms with Gasteiger partial charge in [-0.3, -0.25) is 0 Å². The first-order valence-electron chi connectivity index (χ1n) is 36.5. The molecular weight excluding hydrogens is 1480 g/mol. The van der Waals surface area contributed by atoms with Crippen LogP contribution in [0.2, 0.25) is 0 Å². The zero-order chi connectivity index (χ0) is 80.7. The molecule has 0 aliphatic rings. The van der Waals surface area contributed by atoms with Crippen LogP contribution >= 0.6 is 0 Å². The predicted octanol–water partition coefficient (Wildman–Crippen LogP) is 17.3. The molecule has 18 aromatic heterocycles. The number of hydrogen-bond acceptors (Lipinski definition) is 22. The Hall–Kier alpha value is -14.9. The molecule has 34 heteroatoms. The van der Waals surface area contributed by atoms with E-state index >= 15 is 0 Å². The van der Waals surface area contributed by atoms with Crippen LogP contribution in [0, 0.1) is 25.7 Å². The maximum atomic E-state index is 12.3. The monoisotopic (exact) mass is 1570 g/mol. The van der Waals surface area contributed by atoms with E-state index in [1.807, 2.05) is 101 Å². The Morgan fingerprint density at radius 3 is 1.03 bits per heavy atom. The zero-order valence-corrected chi connectivity index (χ0v) is 63.8. The number of ether oxygens (including phenoxy) is 6. The van der Waals surface area contributed by atoms with Gasteiger partial charge in [0.2, 0.25) is 0 Å². The fraction of sp³-hybridized carbons (Fsp3) is 0.235. The minimum absolute atomic E-state index is 0.0895. The molecule has 18 heterocycles. The molecule has 0 spiro atoms. The molecule has 5 atom stereocenters. The number of carbonyl (C=O) groups is 6. The van der Waals surface area contributed by atoms with Crippen molar-refractivity contribution in [1.29, 1.82) is 0 Å². The maximum absolute atomic E-state index is 12.3. The number of nitrogens with zero attached hydrogens (tertiary/aromatic N) is 10. The summed E-state index contributed by atoms with van der Waals surface area (Å²) in [7, 11) is 0. The normalized spacial score (nSPS) is 12.5. The first kappa shape index (κ1) is 78.3. The third kappa shape index (κ3) is 19.0. The Morgan fingerprint density at radius 2 is 0.687 bits per heavy atom. The van der Waals surface area contributed by atoms with E-state index < -0.39 is 42.6 Å².